The molecule has 5 rings (SSSR count). The number of nitrogens with two attached hydrogens (primary N) is 1. The smallest absolute Gasteiger partial charge is 0.384 e. The highest BCUT2D eigenvalue weighted by Gasteiger charge is 2.43. The van der Waals surface area contributed by atoms with Crippen LogP contribution in [0.25, 0.3) is 22.2 Å². The minimum Gasteiger partial charge on any atom is -0.384 e. The van der Waals surface area contributed by atoms with Crippen molar-refractivity contribution in [3.63, 3.8) is 0 Å². The summed E-state index contributed by atoms with van der Waals surface area (Å²) in [6.07, 6.45) is -3.89. The molecule has 0 saturated heterocycles. The molecule has 0 saturated carbocycles. The molecule has 4 aromatic carbocycles. The van der Waals surface area contributed by atoms with Gasteiger partial charge < -0.3 is 25.1 Å². The van der Waals surface area contributed by atoms with Gasteiger partial charge >= 0.3 is 18.1 Å². The number of anilines is 1. The highest BCUT2D eigenvalue weighted by molar-refractivity contribution is 6.13. The quantitative estimate of drug-likeness (QED) is 0.0838. The number of imidazole rings is 1. The summed E-state index contributed by atoms with van der Waals surface area (Å²) in [5.41, 5.74) is 7.98. The van der Waals surface area contributed by atoms with Crippen molar-refractivity contribution < 1.29 is 37.0 Å². The van der Waals surface area contributed by atoms with E-state index >= 15 is 0 Å². The number of esters is 2. The maximum atomic E-state index is 13.6. The molecule has 228 valence electrons. The molecule has 0 aliphatic heterocycles. The third-order valence-corrected chi connectivity index (χ3v) is 6.65. The van der Waals surface area contributed by atoms with Crippen molar-refractivity contribution >= 4 is 40.4 Å². The van der Waals surface area contributed by atoms with Crippen LogP contribution in [0.15, 0.2) is 97.3 Å². The van der Waals surface area contributed by atoms with Gasteiger partial charge in [0.1, 0.15) is 12.6 Å². The first-order chi connectivity index (χ1) is 21.5. The second-order valence-corrected chi connectivity index (χ2v) is 9.73. The van der Waals surface area contributed by atoms with E-state index in [1.165, 1.54) is 36.7 Å². The van der Waals surface area contributed by atoms with E-state index in [1.54, 1.807) is 34.9 Å². The average molecular weight is 616 g/mol. The fourth-order valence-electron chi connectivity index (χ4n) is 4.48. The lowest BCUT2D eigenvalue weighted by Gasteiger charge is -2.15. The van der Waals surface area contributed by atoms with Gasteiger partial charge in [-0.25, -0.2) is 14.6 Å². The number of alkyl halides is 3. The van der Waals surface area contributed by atoms with Crippen LogP contribution in [0.4, 0.5) is 18.9 Å². The second-order valence-electron chi connectivity index (χ2n) is 9.73. The lowest BCUT2D eigenvalue weighted by Crippen LogP contribution is -2.28. The minimum absolute atomic E-state index is 0.0241. The van der Waals surface area contributed by atoms with E-state index in [2.05, 4.69) is 15.0 Å². The standard InChI is InChI=1S/C32H24F3N5O5/c33-32(34,35)31(43)45-30(42)23-9-5-4-8-22(23)24-15-27-26(38-17-40(27)18-44-16-19-6-2-1-3-7-19)14-25(24)29(41)39-21-12-10-20(11-13-21)28(36)37/h1-15,17H,16,18H2,(H3,36,37)(H,39,41). The van der Waals surface area contributed by atoms with Gasteiger partial charge in [-0.1, -0.05) is 48.5 Å². The number of amides is 1. The van der Waals surface area contributed by atoms with Crippen LogP contribution in [0.3, 0.4) is 0 Å². The summed E-state index contributed by atoms with van der Waals surface area (Å²) in [6, 6.07) is 24.2. The number of aromatic nitrogens is 2. The van der Waals surface area contributed by atoms with Gasteiger partial charge in [-0.3, -0.25) is 10.2 Å². The van der Waals surface area contributed by atoms with Crippen molar-refractivity contribution in [2.24, 2.45) is 5.73 Å². The SMILES string of the molecule is N=C(N)c1ccc(NC(=O)c2cc3ncn(COCc4ccccc4)c3cc2-c2ccccc2C(=O)OC(=O)C(F)(F)F)cc1. The molecule has 1 heterocycles. The Morgan fingerprint density at radius 3 is 2.27 bits per heavy atom. The van der Waals surface area contributed by atoms with Crippen molar-refractivity contribution in [2.75, 3.05) is 5.32 Å². The summed E-state index contributed by atoms with van der Waals surface area (Å²) in [7, 11) is 0. The minimum atomic E-state index is -5.39. The van der Waals surface area contributed by atoms with Crippen molar-refractivity contribution in [1.29, 1.82) is 5.41 Å². The fourth-order valence-corrected chi connectivity index (χ4v) is 4.48. The highest BCUT2D eigenvalue weighted by Crippen LogP contribution is 2.33. The van der Waals surface area contributed by atoms with Crippen LogP contribution in [-0.4, -0.2) is 39.4 Å². The number of fused-ring (bicyclic) bond motifs is 1. The van der Waals surface area contributed by atoms with Crippen LogP contribution in [-0.2, 0) is 27.6 Å². The summed E-state index contributed by atoms with van der Waals surface area (Å²) in [5, 5.41) is 10.3. The number of amidine groups is 1. The molecule has 0 aliphatic rings. The zero-order valence-electron chi connectivity index (χ0n) is 23.3. The topological polar surface area (TPSA) is 149 Å². The van der Waals surface area contributed by atoms with Gasteiger partial charge in [-0.05, 0) is 59.2 Å². The lowest BCUT2D eigenvalue weighted by atomic mass is 9.94. The maximum Gasteiger partial charge on any atom is 0.491 e. The first-order valence-electron chi connectivity index (χ1n) is 13.3. The largest absolute Gasteiger partial charge is 0.491 e. The van der Waals surface area contributed by atoms with Crippen LogP contribution in [0.5, 0.6) is 0 Å². The Hall–Kier alpha value is -5.82. The molecule has 45 heavy (non-hydrogen) atoms. The van der Waals surface area contributed by atoms with Crippen molar-refractivity contribution in [1.82, 2.24) is 9.55 Å². The Bertz CT molecular complexity index is 1900. The molecule has 0 fully saturated rings. The molecule has 10 nitrogen and oxygen atoms in total. The van der Waals surface area contributed by atoms with E-state index in [0.29, 0.717) is 28.9 Å². The van der Waals surface area contributed by atoms with Crippen LogP contribution in [0.2, 0.25) is 0 Å². The van der Waals surface area contributed by atoms with Gasteiger partial charge in [-0.2, -0.15) is 13.2 Å². The van der Waals surface area contributed by atoms with Gasteiger partial charge in [0.15, 0.2) is 0 Å². The number of benzene rings is 4. The van der Waals surface area contributed by atoms with Crippen LogP contribution < -0.4 is 11.1 Å². The van der Waals surface area contributed by atoms with Crippen LogP contribution in [0, 0.1) is 5.41 Å². The number of hydrogen-bond donors (Lipinski definition) is 3. The van der Waals surface area contributed by atoms with Gasteiger partial charge in [-0.15, -0.1) is 0 Å². The number of nitrogens with one attached hydrogen (secondary N) is 2. The Morgan fingerprint density at radius 2 is 1.58 bits per heavy atom. The van der Waals surface area contributed by atoms with E-state index < -0.39 is 24.0 Å². The van der Waals surface area contributed by atoms with Crippen molar-refractivity contribution in [3.05, 3.63) is 120 Å². The number of rotatable bonds is 9. The molecule has 0 radical (unpaired) electrons. The molecular formula is C32H24F3N5O5. The van der Waals surface area contributed by atoms with Crippen molar-refractivity contribution in [2.45, 2.75) is 19.5 Å². The summed E-state index contributed by atoms with van der Waals surface area (Å²) in [6.45, 7) is 0.376. The third kappa shape index (κ3) is 7.05. The van der Waals surface area contributed by atoms with E-state index in [-0.39, 0.29) is 34.8 Å². The molecular weight excluding hydrogens is 591 g/mol. The monoisotopic (exact) mass is 615 g/mol. The molecule has 5 aromatic rings. The summed E-state index contributed by atoms with van der Waals surface area (Å²) in [5.74, 6) is -5.00. The predicted molar refractivity (Wildman–Crippen MR) is 158 cm³/mol. The van der Waals surface area contributed by atoms with Gasteiger partial charge in [0.2, 0.25) is 0 Å². The van der Waals surface area contributed by atoms with E-state index in [1.807, 2.05) is 30.3 Å². The predicted octanol–water partition coefficient (Wildman–Crippen LogP) is 5.66. The molecule has 13 heteroatoms. The number of carbonyl (C=O) groups is 3. The molecule has 0 aliphatic carbocycles. The fraction of sp³-hybridized carbons (Fsp3) is 0.0938. The number of ether oxygens (including phenoxy) is 2. The number of nitrogens with zero attached hydrogens (tertiary/aromatic N) is 2. The first kappa shape index (κ1) is 30.6. The zero-order chi connectivity index (χ0) is 32.1. The number of halogens is 3. The Kier molecular flexibility index (Phi) is 8.72. The lowest BCUT2D eigenvalue weighted by molar-refractivity contribution is -0.193. The molecule has 1 aromatic heterocycles. The van der Waals surface area contributed by atoms with Gasteiger partial charge in [0.25, 0.3) is 5.91 Å². The summed E-state index contributed by atoms with van der Waals surface area (Å²) >= 11 is 0. The Balaban J connectivity index is 1.55. The average Bonchev–Trinajstić information content (AvgIpc) is 3.42. The van der Waals surface area contributed by atoms with E-state index in [4.69, 9.17) is 15.9 Å². The number of carbonyl (C=O) groups excluding carboxylic acids is 3. The van der Waals surface area contributed by atoms with Gasteiger partial charge in [0, 0.05) is 16.8 Å². The maximum absolute atomic E-state index is 13.6. The van der Waals surface area contributed by atoms with Crippen LogP contribution in [0.1, 0.15) is 31.8 Å². The number of nitrogen functional groups attached to an aromatic ring is 1. The summed E-state index contributed by atoms with van der Waals surface area (Å²) in [4.78, 5) is 42.3. The molecule has 1 amide bonds. The second kappa shape index (κ2) is 12.8. The first-order valence-corrected chi connectivity index (χ1v) is 13.3. The molecule has 4 N–H and O–H groups in total. The summed E-state index contributed by atoms with van der Waals surface area (Å²) < 4.78 is 50.2. The van der Waals surface area contributed by atoms with E-state index in [9.17, 15) is 27.6 Å². The van der Waals surface area contributed by atoms with Gasteiger partial charge in [0.05, 0.1) is 29.5 Å². The molecule has 0 bridgehead atoms. The Labute approximate surface area is 253 Å². The third-order valence-electron chi connectivity index (χ3n) is 6.65. The normalized spacial score (nSPS) is 11.3. The van der Waals surface area contributed by atoms with E-state index in [0.717, 1.165) is 5.56 Å². The molecule has 0 unspecified atom stereocenters. The highest BCUT2D eigenvalue weighted by atomic mass is 19.4. The zero-order valence-corrected chi connectivity index (χ0v) is 23.3. The molecule has 0 spiro atoms. The number of hydrogen-bond acceptors (Lipinski definition) is 7. The molecule has 0 atom stereocenters. The Morgan fingerprint density at radius 1 is 0.889 bits per heavy atom. The van der Waals surface area contributed by atoms with Crippen LogP contribution >= 0.6 is 0 Å². The van der Waals surface area contributed by atoms with Crippen molar-refractivity contribution in [3.8, 4) is 11.1 Å².